The molecule has 8 nitrogen and oxygen atoms in total. The summed E-state index contributed by atoms with van der Waals surface area (Å²) in [6.07, 6.45) is 1.47. The fourth-order valence-corrected chi connectivity index (χ4v) is 6.40. The Morgan fingerprint density at radius 1 is 0.895 bits per heavy atom. The molecule has 1 atom stereocenters. The average Bonchev–Trinajstić information content (AvgIpc) is 3.39. The second-order valence-electron chi connectivity index (χ2n) is 9.50. The maximum absolute atomic E-state index is 13.7. The van der Waals surface area contributed by atoms with Gasteiger partial charge in [0.2, 0.25) is 0 Å². The molecule has 5 rings (SSSR count). The fraction of sp³-hybridized carbons (Fsp3) is 0.241. The number of anilines is 1. The Hall–Kier alpha value is -3.95. The Morgan fingerprint density at radius 2 is 1.55 bits per heavy atom. The van der Waals surface area contributed by atoms with E-state index in [9.17, 15) is 13.2 Å². The Labute approximate surface area is 223 Å². The highest BCUT2D eigenvalue weighted by Gasteiger charge is 2.30. The van der Waals surface area contributed by atoms with Crippen LogP contribution in [0.1, 0.15) is 27.5 Å². The van der Waals surface area contributed by atoms with Crippen LogP contribution in [0.4, 0.5) is 5.69 Å². The van der Waals surface area contributed by atoms with Crippen LogP contribution in [0, 0.1) is 0 Å². The maximum Gasteiger partial charge on any atom is 0.281 e. The summed E-state index contributed by atoms with van der Waals surface area (Å²) in [5, 5.41) is 4.14. The molecule has 3 aromatic carbocycles. The predicted molar refractivity (Wildman–Crippen MR) is 147 cm³/mol. The summed E-state index contributed by atoms with van der Waals surface area (Å²) >= 11 is 0. The number of piperazine rings is 1. The van der Waals surface area contributed by atoms with Crippen molar-refractivity contribution >= 4 is 21.6 Å². The van der Waals surface area contributed by atoms with Crippen LogP contribution in [-0.4, -0.2) is 60.6 Å². The van der Waals surface area contributed by atoms with Gasteiger partial charge in [-0.2, -0.15) is 13.5 Å². The molecule has 9 heteroatoms. The van der Waals surface area contributed by atoms with Crippen LogP contribution in [0.2, 0.25) is 0 Å². The molecule has 196 valence electrons. The zero-order valence-electron chi connectivity index (χ0n) is 21.5. The van der Waals surface area contributed by atoms with Gasteiger partial charge in [-0.05, 0) is 48.5 Å². The van der Waals surface area contributed by atoms with E-state index in [4.69, 9.17) is 0 Å². The van der Waals surface area contributed by atoms with E-state index in [1.807, 2.05) is 53.4 Å². The van der Waals surface area contributed by atoms with Crippen LogP contribution in [0.15, 0.2) is 102 Å². The van der Waals surface area contributed by atoms with E-state index in [1.54, 1.807) is 31.3 Å². The molecule has 1 saturated heterocycles. The van der Waals surface area contributed by atoms with Crippen molar-refractivity contribution in [2.75, 3.05) is 31.0 Å². The molecule has 1 amide bonds. The molecule has 1 aliphatic heterocycles. The molecule has 0 saturated carbocycles. The summed E-state index contributed by atoms with van der Waals surface area (Å²) < 4.78 is 30.0. The molecule has 0 spiro atoms. The van der Waals surface area contributed by atoms with Crippen molar-refractivity contribution in [3.8, 4) is 0 Å². The summed E-state index contributed by atoms with van der Waals surface area (Å²) in [6, 6.07) is 28.1. The fourth-order valence-electron chi connectivity index (χ4n) is 4.84. The molecular weight excluding hydrogens is 498 g/mol. The number of carbonyl (C=O) groups is 1. The van der Waals surface area contributed by atoms with Crippen LogP contribution in [0.25, 0.3) is 0 Å². The lowest BCUT2D eigenvalue weighted by Gasteiger charge is -2.39. The number of nitrogens with zero attached hydrogens (tertiary/aromatic N) is 5. The zero-order chi connectivity index (χ0) is 26.7. The molecule has 0 radical (unpaired) electrons. The highest BCUT2D eigenvalue weighted by atomic mass is 32.2. The van der Waals surface area contributed by atoms with E-state index < -0.39 is 10.0 Å². The van der Waals surface area contributed by atoms with Gasteiger partial charge >= 0.3 is 0 Å². The Balaban J connectivity index is 1.40. The van der Waals surface area contributed by atoms with E-state index in [1.165, 1.54) is 26.8 Å². The van der Waals surface area contributed by atoms with Gasteiger partial charge in [0.1, 0.15) is 0 Å². The first-order valence-corrected chi connectivity index (χ1v) is 14.0. The number of carbonyl (C=O) groups excluding carboxylic acids is 1. The van der Waals surface area contributed by atoms with Crippen molar-refractivity contribution < 1.29 is 13.2 Å². The zero-order valence-corrected chi connectivity index (χ0v) is 22.3. The third-order valence-corrected chi connectivity index (χ3v) is 8.87. The number of likely N-dealkylation sites (N-methyl/N-ethyl adjacent to an activating group) is 1. The van der Waals surface area contributed by atoms with Gasteiger partial charge in [0.15, 0.2) is 5.03 Å². The predicted octanol–water partition coefficient (Wildman–Crippen LogP) is 3.94. The molecule has 1 unspecified atom stereocenters. The molecule has 0 aliphatic carbocycles. The van der Waals surface area contributed by atoms with Crippen LogP contribution in [-0.2, 0) is 23.6 Å². The van der Waals surface area contributed by atoms with Gasteiger partial charge in [-0.3, -0.25) is 18.7 Å². The van der Waals surface area contributed by atoms with Crippen LogP contribution < -0.4 is 4.31 Å². The summed E-state index contributed by atoms with van der Waals surface area (Å²) in [7, 11) is -0.217. The van der Waals surface area contributed by atoms with E-state index in [-0.39, 0.29) is 23.5 Å². The van der Waals surface area contributed by atoms with E-state index in [0.29, 0.717) is 24.3 Å². The number of aromatic nitrogens is 2. The molecular formula is C29H31N5O3S. The highest BCUT2D eigenvalue weighted by Crippen LogP contribution is 2.28. The van der Waals surface area contributed by atoms with Gasteiger partial charge in [-0.25, -0.2) is 0 Å². The lowest BCUT2D eigenvalue weighted by atomic mass is 10.0. The van der Waals surface area contributed by atoms with Gasteiger partial charge in [0, 0.05) is 32.2 Å². The second kappa shape index (κ2) is 10.8. The molecule has 1 fully saturated rings. The number of hydrogen-bond donors (Lipinski definition) is 0. The van der Waals surface area contributed by atoms with Crippen molar-refractivity contribution in [1.29, 1.82) is 0 Å². The second-order valence-corrected chi connectivity index (χ2v) is 11.3. The molecule has 0 N–H and O–H groups in total. The molecule has 2 heterocycles. The first-order valence-electron chi connectivity index (χ1n) is 12.5. The minimum atomic E-state index is -3.90. The largest absolute Gasteiger partial charge is 0.335 e. The van der Waals surface area contributed by atoms with Gasteiger partial charge < -0.3 is 4.90 Å². The van der Waals surface area contributed by atoms with Crippen molar-refractivity contribution in [2.24, 2.45) is 7.05 Å². The number of hydrogen-bond acceptors (Lipinski definition) is 5. The number of amides is 1. The number of sulfonamides is 1. The number of aryl methyl sites for hydroxylation is 1. The number of benzene rings is 3. The van der Waals surface area contributed by atoms with Crippen molar-refractivity contribution in [1.82, 2.24) is 19.6 Å². The monoisotopic (exact) mass is 529 g/mol. The normalized spacial score (nSPS) is 16.4. The van der Waals surface area contributed by atoms with Crippen LogP contribution in [0.5, 0.6) is 0 Å². The lowest BCUT2D eigenvalue weighted by molar-refractivity contribution is 0.0546. The van der Waals surface area contributed by atoms with E-state index in [0.717, 1.165) is 12.1 Å². The van der Waals surface area contributed by atoms with Gasteiger partial charge in [-0.15, -0.1) is 0 Å². The van der Waals surface area contributed by atoms with Crippen molar-refractivity contribution in [2.45, 2.75) is 17.6 Å². The first kappa shape index (κ1) is 25.7. The van der Waals surface area contributed by atoms with Gasteiger partial charge in [0.25, 0.3) is 15.9 Å². The molecule has 4 aromatic rings. The van der Waals surface area contributed by atoms with Crippen LogP contribution >= 0.6 is 0 Å². The quantitative estimate of drug-likeness (QED) is 0.362. The van der Waals surface area contributed by atoms with Crippen molar-refractivity contribution in [3.05, 3.63) is 114 Å². The molecule has 38 heavy (non-hydrogen) atoms. The Kier molecular flexibility index (Phi) is 7.31. The lowest BCUT2D eigenvalue weighted by Crippen LogP contribution is -2.49. The standard InChI is InChI=1S/C29H31N5O3S/c1-31-19-20-33(22-27(31)24-11-7-4-8-12-24)29(35)25-13-15-26(16-14-25)34(21-23-9-5-3-6-10-23)38(36,37)28-17-18-30-32(28)2/h3-18,27H,19-22H2,1-2H3. The third kappa shape index (κ3) is 5.20. The first-order chi connectivity index (χ1) is 18.3. The van der Waals surface area contributed by atoms with Crippen LogP contribution in [0.3, 0.4) is 0 Å². The molecule has 0 bridgehead atoms. The van der Waals surface area contributed by atoms with Gasteiger partial charge in [0.05, 0.1) is 24.5 Å². The Bertz CT molecular complexity index is 1490. The van der Waals surface area contributed by atoms with Crippen molar-refractivity contribution in [3.63, 3.8) is 0 Å². The molecule has 1 aliphatic rings. The smallest absolute Gasteiger partial charge is 0.281 e. The third-order valence-electron chi connectivity index (χ3n) is 7.02. The van der Waals surface area contributed by atoms with Gasteiger partial charge in [-0.1, -0.05) is 60.7 Å². The minimum Gasteiger partial charge on any atom is -0.335 e. The summed E-state index contributed by atoms with van der Waals surface area (Å²) in [6.45, 7) is 2.15. The summed E-state index contributed by atoms with van der Waals surface area (Å²) in [5.41, 5.74) is 3.04. The SMILES string of the molecule is CN1CCN(C(=O)c2ccc(N(Cc3ccccc3)S(=O)(=O)c3ccnn3C)cc2)CC1c1ccccc1. The molecule has 1 aromatic heterocycles. The van der Waals surface area contributed by atoms with E-state index in [2.05, 4.69) is 29.2 Å². The summed E-state index contributed by atoms with van der Waals surface area (Å²) in [4.78, 5) is 17.6. The maximum atomic E-state index is 13.7. The summed E-state index contributed by atoms with van der Waals surface area (Å²) in [5.74, 6) is -0.0605. The number of rotatable bonds is 7. The Morgan fingerprint density at radius 3 is 2.18 bits per heavy atom. The highest BCUT2D eigenvalue weighted by molar-refractivity contribution is 7.92. The average molecular weight is 530 g/mol. The topological polar surface area (TPSA) is 78.8 Å². The minimum absolute atomic E-state index is 0.0605. The van der Waals surface area contributed by atoms with E-state index >= 15 is 0 Å².